The molecule has 0 bridgehead atoms. The van der Waals surface area contributed by atoms with Gasteiger partial charge in [-0.2, -0.15) is 13.2 Å². The topological polar surface area (TPSA) is 72.5 Å². The first-order chi connectivity index (χ1) is 13.3. The van der Waals surface area contributed by atoms with Gasteiger partial charge in [-0.3, -0.25) is 4.79 Å². The lowest BCUT2D eigenvalue weighted by Gasteiger charge is -2.15. The second-order valence-corrected chi connectivity index (χ2v) is 5.87. The largest absolute Gasteiger partial charge is 0.497 e. The van der Waals surface area contributed by atoms with Crippen molar-refractivity contribution in [2.24, 2.45) is 0 Å². The zero-order valence-electron chi connectivity index (χ0n) is 15.6. The molecule has 28 heavy (non-hydrogen) atoms. The lowest BCUT2D eigenvalue weighted by Crippen LogP contribution is -2.29. The van der Waals surface area contributed by atoms with E-state index >= 15 is 0 Å². The number of rotatable bonds is 9. The summed E-state index contributed by atoms with van der Waals surface area (Å²) in [6.07, 6.45) is -3.81. The summed E-state index contributed by atoms with van der Waals surface area (Å²) < 4.78 is 50.2. The average molecular weight is 397 g/mol. The Hall–Kier alpha value is -2.81. The number of aromatic nitrogens is 1. The maximum absolute atomic E-state index is 13.2. The van der Waals surface area contributed by atoms with Gasteiger partial charge in [-0.25, -0.2) is 4.98 Å². The van der Waals surface area contributed by atoms with Crippen LogP contribution in [0, 0.1) is 0 Å². The number of likely N-dealkylation sites (N-methyl/N-ethyl adjacent to an activating group) is 1. The molecule has 0 saturated heterocycles. The number of ether oxygens (including phenoxy) is 2. The molecule has 0 fully saturated rings. The molecule has 2 N–H and O–H groups in total. The van der Waals surface area contributed by atoms with Crippen molar-refractivity contribution in [1.82, 2.24) is 10.3 Å². The van der Waals surface area contributed by atoms with Crippen LogP contribution in [0.4, 0.5) is 19.0 Å². The van der Waals surface area contributed by atoms with Crippen LogP contribution < -0.4 is 15.4 Å². The van der Waals surface area contributed by atoms with Crippen LogP contribution in [0.25, 0.3) is 0 Å². The molecule has 2 aromatic rings. The van der Waals surface area contributed by atoms with Gasteiger partial charge in [-0.15, -0.1) is 0 Å². The van der Waals surface area contributed by atoms with E-state index in [4.69, 9.17) is 9.47 Å². The highest BCUT2D eigenvalue weighted by atomic mass is 19.4. The highest BCUT2D eigenvalue weighted by Crippen LogP contribution is 2.33. The monoisotopic (exact) mass is 397 g/mol. The second-order valence-electron chi connectivity index (χ2n) is 5.87. The first-order valence-electron chi connectivity index (χ1n) is 8.60. The van der Waals surface area contributed by atoms with Crippen LogP contribution in [0.15, 0.2) is 36.5 Å². The number of hydrogen-bond donors (Lipinski definition) is 2. The molecule has 0 unspecified atom stereocenters. The number of nitrogens with one attached hydrogen (secondary N) is 2. The third-order valence-corrected chi connectivity index (χ3v) is 3.78. The fourth-order valence-corrected chi connectivity index (χ4v) is 2.40. The fourth-order valence-electron chi connectivity index (χ4n) is 2.40. The Morgan fingerprint density at radius 3 is 2.50 bits per heavy atom. The highest BCUT2D eigenvalue weighted by Gasteiger charge is 2.34. The molecule has 1 aromatic carbocycles. The minimum absolute atomic E-state index is 0.0607. The van der Waals surface area contributed by atoms with Crippen LogP contribution >= 0.6 is 0 Å². The third kappa shape index (κ3) is 6.41. The van der Waals surface area contributed by atoms with E-state index < -0.39 is 11.7 Å². The molecular formula is C19H22F3N3O3. The van der Waals surface area contributed by atoms with Crippen LogP contribution in [0.2, 0.25) is 0 Å². The van der Waals surface area contributed by atoms with Gasteiger partial charge in [-0.1, -0.05) is 12.1 Å². The number of amides is 1. The first kappa shape index (κ1) is 21.5. The summed E-state index contributed by atoms with van der Waals surface area (Å²) in [5.41, 5.74) is -0.127. The molecule has 0 radical (unpaired) electrons. The molecule has 0 aliphatic heterocycles. The minimum atomic E-state index is -4.55. The number of carbonyl (C=O) groups is 1. The summed E-state index contributed by atoms with van der Waals surface area (Å²) in [6, 6.07) is 8.28. The standard InChI is InChI=1S/C19H22F3N3O3/c1-3-23-18(26)10-25-17-8-14(16(9-24-17)19(20,21)22)12-28-11-13-4-6-15(27-2)7-5-13/h4-9H,3,10-12H2,1-2H3,(H,23,26)(H,24,25). The van der Waals surface area contributed by atoms with Crippen molar-refractivity contribution in [3.63, 3.8) is 0 Å². The van der Waals surface area contributed by atoms with E-state index in [0.717, 1.165) is 11.8 Å². The van der Waals surface area contributed by atoms with Gasteiger partial charge in [0, 0.05) is 12.7 Å². The lowest BCUT2D eigenvalue weighted by atomic mass is 10.1. The molecule has 0 saturated carbocycles. The zero-order valence-corrected chi connectivity index (χ0v) is 15.6. The summed E-state index contributed by atoms with van der Waals surface area (Å²) in [4.78, 5) is 15.2. The number of halogens is 3. The molecule has 152 valence electrons. The van der Waals surface area contributed by atoms with Crippen molar-refractivity contribution < 1.29 is 27.4 Å². The summed E-state index contributed by atoms with van der Waals surface area (Å²) in [7, 11) is 1.55. The number of carbonyl (C=O) groups excluding carboxylic acids is 1. The Morgan fingerprint density at radius 1 is 1.18 bits per heavy atom. The molecular weight excluding hydrogens is 375 g/mol. The van der Waals surface area contributed by atoms with Crippen LogP contribution in [-0.4, -0.2) is 31.1 Å². The predicted octanol–water partition coefficient (Wildman–Crippen LogP) is 3.37. The Kier molecular flexibility index (Phi) is 7.62. The van der Waals surface area contributed by atoms with E-state index in [1.807, 2.05) is 0 Å². The van der Waals surface area contributed by atoms with Gasteiger partial charge in [0.2, 0.25) is 5.91 Å². The maximum atomic E-state index is 13.2. The van der Waals surface area contributed by atoms with Crippen molar-refractivity contribution in [3.05, 3.63) is 53.2 Å². The van der Waals surface area contributed by atoms with E-state index in [1.54, 1.807) is 38.3 Å². The van der Waals surface area contributed by atoms with Crippen molar-refractivity contribution >= 4 is 11.7 Å². The summed E-state index contributed by atoms with van der Waals surface area (Å²) >= 11 is 0. The van der Waals surface area contributed by atoms with E-state index in [9.17, 15) is 18.0 Å². The minimum Gasteiger partial charge on any atom is -0.497 e. The number of benzene rings is 1. The van der Waals surface area contributed by atoms with Crippen molar-refractivity contribution in [3.8, 4) is 5.75 Å². The zero-order chi connectivity index (χ0) is 20.6. The summed E-state index contributed by atoms with van der Waals surface area (Å²) in [5.74, 6) is 0.573. The van der Waals surface area contributed by atoms with Crippen LogP contribution in [0.3, 0.4) is 0 Å². The average Bonchev–Trinajstić information content (AvgIpc) is 2.66. The molecule has 6 nitrogen and oxygen atoms in total. The molecule has 2 rings (SSSR count). The molecule has 1 amide bonds. The molecule has 0 aliphatic carbocycles. The summed E-state index contributed by atoms with van der Waals surface area (Å²) in [5, 5.41) is 5.29. The van der Waals surface area contributed by atoms with Crippen molar-refractivity contribution in [2.75, 3.05) is 25.5 Å². The lowest BCUT2D eigenvalue weighted by molar-refractivity contribution is -0.139. The molecule has 9 heteroatoms. The Balaban J connectivity index is 2.05. The number of anilines is 1. The number of nitrogens with zero attached hydrogens (tertiary/aromatic N) is 1. The molecule has 0 spiro atoms. The normalized spacial score (nSPS) is 11.2. The number of methoxy groups -OCH3 is 1. The van der Waals surface area contributed by atoms with Crippen LogP contribution in [-0.2, 0) is 28.9 Å². The Labute approximate surface area is 161 Å². The Morgan fingerprint density at radius 2 is 1.89 bits per heavy atom. The predicted molar refractivity (Wildman–Crippen MR) is 97.9 cm³/mol. The quantitative estimate of drug-likeness (QED) is 0.679. The highest BCUT2D eigenvalue weighted by molar-refractivity contribution is 5.80. The van der Waals surface area contributed by atoms with Gasteiger partial charge in [0.1, 0.15) is 11.6 Å². The van der Waals surface area contributed by atoms with E-state index in [-0.39, 0.29) is 37.0 Å². The van der Waals surface area contributed by atoms with Gasteiger partial charge >= 0.3 is 6.18 Å². The summed E-state index contributed by atoms with van der Waals surface area (Å²) in [6.45, 7) is 2.04. The maximum Gasteiger partial charge on any atom is 0.418 e. The molecule has 0 atom stereocenters. The van der Waals surface area contributed by atoms with E-state index in [0.29, 0.717) is 12.3 Å². The first-order valence-corrected chi connectivity index (χ1v) is 8.60. The van der Waals surface area contributed by atoms with Gasteiger partial charge in [0.05, 0.1) is 32.4 Å². The Bertz CT molecular complexity index is 780. The van der Waals surface area contributed by atoms with Crippen molar-refractivity contribution in [2.45, 2.75) is 26.3 Å². The molecule has 1 heterocycles. The van der Waals surface area contributed by atoms with E-state index in [1.165, 1.54) is 6.07 Å². The molecule has 0 aliphatic rings. The number of alkyl halides is 3. The SMILES string of the molecule is CCNC(=O)CNc1cc(COCc2ccc(OC)cc2)c(C(F)(F)F)cn1. The van der Waals surface area contributed by atoms with Crippen molar-refractivity contribution in [1.29, 1.82) is 0 Å². The van der Waals surface area contributed by atoms with Gasteiger partial charge in [0.25, 0.3) is 0 Å². The second kappa shape index (κ2) is 9.93. The smallest absolute Gasteiger partial charge is 0.418 e. The number of pyridine rings is 1. The van der Waals surface area contributed by atoms with Crippen LogP contribution in [0.5, 0.6) is 5.75 Å². The fraction of sp³-hybridized carbons (Fsp3) is 0.368. The van der Waals surface area contributed by atoms with Gasteiger partial charge in [-0.05, 0) is 36.2 Å². The van der Waals surface area contributed by atoms with E-state index in [2.05, 4.69) is 15.6 Å². The van der Waals surface area contributed by atoms with Gasteiger partial charge < -0.3 is 20.1 Å². The number of hydrogen-bond acceptors (Lipinski definition) is 5. The molecule has 1 aromatic heterocycles. The van der Waals surface area contributed by atoms with Crippen LogP contribution in [0.1, 0.15) is 23.6 Å². The third-order valence-electron chi connectivity index (χ3n) is 3.78. The van der Waals surface area contributed by atoms with Gasteiger partial charge in [0.15, 0.2) is 0 Å².